The molecule has 2 atom stereocenters. The minimum atomic E-state index is -2.53. The van der Waals surface area contributed by atoms with E-state index in [2.05, 4.69) is 37.4 Å². The molecular formula is C17H24O3Si2. The van der Waals surface area contributed by atoms with Gasteiger partial charge in [0.05, 0.1) is 0 Å². The van der Waals surface area contributed by atoms with Gasteiger partial charge >= 0.3 is 17.1 Å². The zero-order chi connectivity index (χ0) is 16.1. The molecular weight excluding hydrogens is 308 g/mol. The topological polar surface area (TPSA) is 27.7 Å². The van der Waals surface area contributed by atoms with Gasteiger partial charge in [0.2, 0.25) is 0 Å². The van der Waals surface area contributed by atoms with Gasteiger partial charge in [0.15, 0.2) is 0 Å². The van der Waals surface area contributed by atoms with Gasteiger partial charge in [-0.3, -0.25) is 0 Å². The summed E-state index contributed by atoms with van der Waals surface area (Å²) in [5, 5.41) is 2.25. The predicted molar refractivity (Wildman–Crippen MR) is 95.1 cm³/mol. The fraction of sp³-hybridized carbons (Fsp3) is 0.294. The first-order chi connectivity index (χ1) is 10.5. The summed E-state index contributed by atoms with van der Waals surface area (Å²) in [5.41, 5.74) is 0. The largest absolute Gasteiger partial charge is 0.408 e. The summed E-state index contributed by atoms with van der Waals surface area (Å²) in [4.78, 5) is 0. The van der Waals surface area contributed by atoms with Gasteiger partial charge in [-0.25, -0.2) is 0 Å². The first-order valence-corrected chi connectivity index (χ1v) is 12.2. The van der Waals surface area contributed by atoms with Crippen molar-refractivity contribution in [2.45, 2.75) is 20.0 Å². The highest BCUT2D eigenvalue weighted by Crippen LogP contribution is 2.17. The third kappa shape index (κ3) is 3.74. The lowest BCUT2D eigenvalue weighted by Gasteiger charge is -2.36. The summed E-state index contributed by atoms with van der Waals surface area (Å²) in [5.74, 6) is 0. The molecule has 0 heterocycles. The minimum Gasteiger partial charge on any atom is -0.408 e. The molecule has 0 saturated heterocycles. The molecule has 22 heavy (non-hydrogen) atoms. The Balaban J connectivity index is 2.37. The van der Waals surface area contributed by atoms with Crippen molar-refractivity contribution in [2.24, 2.45) is 0 Å². The van der Waals surface area contributed by atoms with Crippen molar-refractivity contribution in [3.8, 4) is 0 Å². The van der Waals surface area contributed by atoms with Crippen LogP contribution in [0.4, 0.5) is 0 Å². The lowest BCUT2D eigenvalue weighted by atomic mass is 10.4. The summed E-state index contributed by atoms with van der Waals surface area (Å²) in [7, 11) is -3.32. The molecule has 118 valence electrons. The van der Waals surface area contributed by atoms with Gasteiger partial charge in [-0.1, -0.05) is 60.7 Å². The van der Waals surface area contributed by atoms with Gasteiger partial charge in [0.1, 0.15) is 0 Å². The molecule has 0 bridgehead atoms. The van der Waals surface area contributed by atoms with E-state index in [-0.39, 0.29) is 0 Å². The van der Waals surface area contributed by atoms with Gasteiger partial charge in [-0.2, -0.15) is 0 Å². The van der Waals surface area contributed by atoms with Crippen LogP contribution < -0.4 is 10.4 Å². The van der Waals surface area contributed by atoms with Gasteiger partial charge in [-0.15, -0.1) is 0 Å². The first-order valence-electron chi connectivity index (χ1n) is 7.54. The Morgan fingerprint density at radius 3 is 1.64 bits per heavy atom. The van der Waals surface area contributed by atoms with Crippen molar-refractivity contribution in [3.63, 3.8) is 0 Å². The molecule has 0 N–H and O–H groups in total. The second-order valence-electron chi connectivity index (χ2n) is 5.36. The van der Waals surface area contributed by atoms with Crippen LogP contribution in [0.1, 0.15) is 6.92 Å². The second kappa shape index (κ2) is 7.35. The zero-order valence-electron chi connectivity index (χ0n) is 13.7. The van der Waals surface area contributed by atoms with E-state index >= 15 is 0 Å². The molecule has 0 aromatic heterocycles. The van der Waals surface area contributed by atoms with Crippen molar-refractivity contribution in [1.82, 2.24) is 0 Å². The van der Waals surface area contributed by atoms with E-state index in [9.17, 15) is 0 Å². The molecule has 3 nitrogen and oxygen atoms in total. The Morgan fingerprint density at radius 2 is 1.23 bits per heavy atom. The molecule has 0 aliphatic rings. The third-order valence-corrected chi connectivity index (χ3v) is 11.3. The number of hydrogen-bond donors (Lipinski definition) is 0. The molecule has 0 spiro atoms. The van der Waals surface area contributed by atoms with Gasteiger partial charge in [0.25, 0.3) is 0 Å². The maximum absolute atomic E-state index is 6.62. The molecule has 0 amide bonds. The molecule has 2 rings (SSSR count). The predicted octanol–water partition coefficient (Wildman–Crippen LogP) is 2.64. The summed E-state index contributed by atoms with van der Waals surface area (Å²) in [6.45, 7) is 6.81. The van der Waals surface area contributed by atoms with Crippen LogP contribution in [0.2, 0.25) is 13.1 Å². The van der Waals surface area contributed by atoms with Crippen molar-refractivity contribution >= 4 is 27.5 Å². The van der Waals surface area contributed by atoms with Crippen molar-refractivity contribution in [2.75, 3.05) is 13.7 Å². The standard InChI is InChI=1S/C17H24O3Si2/c1-5-19-22(4,17-14-10-7-11-15-17)20-21(3,18-2)16-12-8-6-9-13-16/h6-15H,5H2,1-4H3. The SMILES string of the molecule is CCO[Si](C)(O[Si](C)(OC)c1ccccc1)c1ccccc1. The van der Waals surface area contributed by atoms with E-state index in [0.29, 0.717) is 6.61 Å². The normalized spacial score (nSPS) is 16.7. The molecule has 5 heteroatoms. The van der Waals surface area contributed by atoms with E-state index in [1.165, 1.54) is 0 Å². The maximum atomic E-state index is 6.62. The van der Waals surface area contributed by atoms with Crippen LogP contribution in [0.3, 0.4) is 0 Å². The van der Waals surface area contributed by atoms with E-state index in [4.69, 9.17) is 13.0 Å². The fourth-order valence-electron chi connectivity index (χ4n) is 2.52. The highest BCUT2D eigenvalue weighted by molar-refractivity contribution is 6.92. The molecule has 0 radical (unpaired) electrons. The van der Waals surface area contributed by atoms with Crippen molar-refractivity contribution in [1.29, 1.82) is 0 Å². The van der Waals surface area contributed by atoms with Crippen molar-refractivity contribution < 1.29 is 13.0 Å². The molecule has 2 unspecified atom stereocenters. The van der Waals surface area contributed by atoms with Gasteiger partial charge < -0.3 is 13.0 Å². The smallest absolute Gasteiger partial charge is 0.360 e. The Bertz CT molecular complexity index is 579. The van der Waals surface area contributed by atoms with Crippen LogP contribution in [-0.2, 0) is 13.0 Å². The number of rotatable bonds is 7. The highest BCUT2D eigenvalue weighted by atomic mass is 28.5. The molecule has 0 fully saturated rings. The highest BCUT2D eigenvalue weighted by Gasteiger charge is 2.45. The maximum Gasteiger partial charge on any atom is 0.360 e. The van der Waals surface area contributed by atoms with E-state index in [1.54, 1.807) is 7.11 Å². The van der Waals surface area contributed by atoms with Crippen LogP contribution >= 0.6 is 0 Å². The van der Waals surface area contributed by atoms with E-state index in [1.807, 2.05) is 43.3 Å². The van der Waals surface area contributed by atoms with Crippen molar-refractivity contribution in [3.05, 3.63) is 60.7 Å². The van der Waals surface area contributed by atoms with Crippen LogP contribution in [0.25, 0.3) is 0 Å². The first kappa shape index (κ1) is 17.1. The summed E-state index contributed by atoms with van der Waals surface area (Å²) < 4.78 is 18.6. The Hall–Kier alpha value is -1.25. The van der Waals surface area contributed by atoms with Crippen LogP contribution in [0, 0.1) is 0 Å². The Morgan fingerprint density at radius 1 is 0.773 bits per heavy atom. The van der Waals surface area contributed by atoms with Crippen LogP contribution in [-0.4, -0.2) is 30.8 Å². The van der Waals surface area contributed by atoms with Gasteiger partial charge in [0, 0.05) is 13.7 Å². The van der Waals surface area contributed by atoms with E-state index in [0.717, 1.165) is 10.4 Å². The third-order valence-electron chi connectivity index (χ3n) is 3.80. The zero-order valence-corrected chi connectivity index (χ0v) is 15.7. The molecule has 0 aliphatic heterocycles. The summed E-state index contributed by atoms with van der Waals surface area (Å²) in [6, 6.07) is 20.4. The average molecular weight is 333 g/mol. The Kier molecular flexibility index (Phi) is 5.71. The quantitative estimate of drug-likeness (QED) is 0.730. The molecule has 2 aromatic rings. The second-order valence-corrected chi connectivity index (χ2v) is 11.8. The molecule has 0 saturated carbocycles. The number of hydrogen-bond acceptors (Lipinski definition) is 3. The van der Waals surface area contributed by atoms with Crippen LogP contribution in [0.15, 0.2) is 60.7 Å². The Labute approximate surface area is 135 Å². The number of benzene rings is 2. The average Bonchev–Trinajstić information content (AvgIpc) is 2.56. The lowest BCUT2D eigenvalue weighted by Crippen LogP contribution is -2.63. The summed E-state index contributed by atoms with van der Waals surface area (Å²) in [6.07, 6.45) is 0. The molecule has 0 aliphatic carbocycles. The van der Waals surface area contributed by atoms with E-state index < -0.39 is 17.1 Å². The minimum absolute atomic E-state index is 0.626. The van der Waals surface area contributed by atoms with Gasteiger partial charge in [-0.05, 0) is 30.4 Å². The monoisotopic (exact) mass is 332 g/mol. The lowest BCUT2D eigenvalue weighted by molar-refractivity contribution is 0.234. The summed E-state index contributed by atoms with van der Waals surface area (Å²) >= 11 is 0. The van der Waals surface area contributed by atoms with Crippen LogP contribution in [0.5, 0.6) is 0 Å². The fourth-order valence-corrected chi connectivity index (χ4v) is 9.55. The molecule has 2 aromatic carbocycles.